The standard InChI is InChI=1S/C18H17ClN2O7/c1-27-16-10-13(12(19)9-11(16)18(23)24)20-17(22)7-4-8-28-15-6-3-2-5-14(15)21(25)26/h2-3,5-6,9-10H,4,7-8H2,1H3,(H,20,22)(H,23,24). The van der Waals surface area contributed by atoms with Crippen LogP contribution in [0.25, 0.3) is 0 Å². The number of carboxylic acid groups (broad SMARTS) is 1. The van der Waals surface area contributed by atoms with Gasteiger partial charge in [-0.1, -0.05) is 23.7 Å². The molecule has 10 heteroatoms. The maximum absolute atomic E-state index is 12.1. The molecular weight excluding hydrogens is 392 g/mol. The van der Waals surface area contributed by atoms with E-state index in [1.165, 1.54) is 37.4 Å². The van der Waals surface area contributed by atoms with Crippen LogP contribution < -0.4 is 14.8 Å². The van der Waals surface area contributed by atoms with Crippen molar-refractivity contribution >= 4 is 34.9 Å². The van der Waals surface area contributed by atoms with Crippen LogP contribution in [0.2, 0.25) is 5.02 Å². The summed E-state index contributed by atoms with van der Waals surface area (Å²) in [5.74, 6) is -1.39. The van der Waals surface area contributed by atoms with Gasteiger partial charge in [-0.15, -0.1) is 0 Å². The summed E-state index contributed by atoms with van der Waals surface area (Å²) in [5, 5.41) is 22.7. The molecule has 9 nitrogen and oxygen atoms in total. The molecule has 0 atom stereocenters. The number of benzene rings is 2. The number of rotatable bonds is 9. The highest BCUT2D eigenvalue weighted by Gasteiger charge is 2.17. The number of amides is 1. The Hall–Kier alpha value is -3.33. The lowest BCUT2D eigenvalue weighted by Crippen LogP contribution is -2.14. The SMILES string of the molecule is COc1cc(NC(=O)CCCOc2ccccc2[N+](=O)[O-])c(Cl)cc1C(=O)O. The number of carboxylic acids is 1. The van der Waals surface area contributed by atoms with Crippen LogP contribution in [0.5, 0.6) is 11.5 Å². The summed E-state index contributed by atoms with van der Waals surface area (Å²) in [5.41, 5.74) is -0.0548. The second-order valence-electron chi connectivity index (χ2n) is 5.56. The van der Waals surface area contributed by atoms with Crippen LogP contribution in [-0.4, -0.2) is 35.6 Å². The lowest BCUT2D eigenvalue weighted by Gasteiger charge is -2.12. The number of aromatic carboxylic acids is 1. The van der Waals surface area contributed by atoms with E-state index in [2.05, 4.69) is 5.32 Å². The van der Waals surface area contributed by atoms with Gasteiger partial charge in [-0.2, -0.15) is 0 Å². The normalized spacial score (nSPS) is 10.2. The maximum atomic E-state index is 12.1. The highest BCUT2D eigenvalue weighted by Crippen LogP contribution is 2.31. The predicted octanol–water partition coefficient (Wildman–Crippen LogP) is 3.75. The molecule has 0 saturated carbocycles. The zero-order chi connectivity index (χ0) is 20.7. The van der Waals surface area contributed by atoms with Crippen molar-refractivity contribution in [3.8, 4) is 11.5 Å². The second-order valence-corrected chi connectivity index (χ2v) is 5.97. The molecule has 0 spiro atoms. The molecule has 0 radical (unpaired) electrons. The summed E-state index contributed by atoms with van der Waals surface area (Å²) < 4.78 is 10.4. The average Bonchev–Trinajstić information content (AvgIpc) is 2.66. The van der Waals surface area contributed by atoms with Crippen LogP contribution in [0, 0.1) is 10.1 Å². The number of para-hydroxylation sites is 2. The van der Waals surface area contributed by atoms with Gasteiger partial charge in [0.25, 0.3) is 0 Å². The van der Waals surface area contributed by atoms with Gasteiger partial charge in [-0.3, -0.25) is 14.9 Å². The Morgan fingerprint density at radius 3 is 2.61 bits per heavy atom. The van der Waals surface area contributed by atoms with Gasteiger partial charge in [0.2, 0.25) is 5.91 Å². The first kappa shape index (κ1) is 21.0. The molecule has 0 aliphatic heterocycles. The van der Waals surface area contributed by atoms with Crippen molar-refractivity contribution < 1.29 is 29.1 Å². The molecule has 2 N–H and O–H groups in total. The minimum absolute atomic E-state index is 0.0581. The number of halogens is 1. The molecule has 0 aliphatic carbocycles. The third-order valence-corrected chi connectivity index (χ3v) is 3.97. The first-order chi connectivity index (χ1) is 13.3. The van der Waals surface area contributed by atoms with E-state index in [0.29, 0.717) is 6.42 Å². The first-order valence-electron chi connectivity index (χ1n) is 8.10. The van der Waals surface area contributed by atoms with E-state index < -0.39 is 10.9 Å². The molecule has 0 unspecified atom stereocenters. The van der Waals surface area contributed by atoms with Crippen molar-refractivity contribution in [2.75, 3.05) is 19.0 Å². The Kier molecular flexibility index (Phi) is 7.16. The number of nitro benzene ring substituents is 1. The third-order valence-electron chi connectivity index (χ3n) is 3.66. The quantitative estimate of drug-likeness (QED) is 0.367. The summed E-state index contributed by atoms with van der Waals surface area (Å²) in [6, 6.07) is 8.48. The topological polar surface area (TPSA) is 128 Å². The molecule has 0 aliphatic rings. The number of hydrogen-bond donors (Lipinski definition) is 2. The first-order valence-corrected chi connectivity index (χ1v) is 8.48. The number of nitrogens with zero attached hydrogens (tertiary/aromatic N) is 1. The van der Waals surface area contributed by atoms with Crippen molar-refractivity contribution in [3.05, 3.63) is 57.1 Å². The fraction of sp³-hybridized carbons (Fsp3) is 0.222. The molecule has 0 bridgehead atoms. The molecule has 0 aromatic heterocycles. The Labute approximate surface area is 165 Å². The van der Waals surface area contributed by atoms with E-state index in [0.717, 1.165) is 0 Å². The Balaban J connectivity index is 1.91. The average molecular weight is 409 g/mol. The van der Waals surface area contributed by atoms with E-state index >= 15 is 0 Å². The van der Waals surface area contributed by atoms with Crippen LogP contribution in [0.3, 0.4) is 0 Å². The van der Waals surface area contributed by atoms with Crippen molar-refractivity contribution in [1.29, 1.82) is 0 Å². The van der Waals surface area contributed by atoms with Crippen molar-refractivity contribution in [2.45, 2.75) is 12.8 Å². The van der Waals surface area contributed by atoms with E-state index in [4.69, 9.17) is 26.2 Å². The van der Waals surface area contributed by atoms with Crippen molar-refractivity contribution in [2.24, 2.45) is 0 Å². The van der Waals surface area contributed by atoms with E-state index in [-0.39, 0.29) is 52.4 Å². The number of hydrogen-bond acceptors (Lipinski definition) is 6. The number of nitro groups is 1. The fourth-order valence-electron chi connectivity index (χ4n) is 2.34. The number of nitrogens with one attached hydrogen (secondary N) is 1. The van der Waals surface area contributed by atoms with Crippen LogP contribution in [0.4, 0.5) is 11.4 Å². The highest BCUT2D eigenvalue weighted by atomic mass is 35.5. The zero-order valence-electron chi connectivity index (χ0n) is 14.8. The lowest BCUT2D eigenvalue weighted by molar-refractivity contribution is -0.385. The molecule has 0 saturated heterocycles. The molecule has 2 aromatic rings. The lowest BCUT2D eigenvalue weighted by atomic mass is 10.1. The molecule has 28 heavy (non-hydrogen) atoms. The summed E-state index contributed by atoms with van der Waals surface area (Å²) in [6.45, 7) is 0.104. The van der Waals surface area contributed by atoms with Gasteiger partial charge in [-0.25, -0.2) is 4.79 Å². The number of ether oxygens (including phenoxy) is 2. The van der Waals surface area contributed by atoms with Gasteiger partial charge in [-0.05, 0) is 18.6 Å². The van der Waals surface area contributed by atoms with Gasteiger partial charge >= 0.3 is 11.7 Å². The van der Waals surface area contributed by atoms with Crippen LogP contribution in [0.15, 0.2) is 36.4 Å². The monoisotopic (exact) mass is 408 g/mol. The van der Waals surface area contributed by atoms with E-state index in [9.17, 15) is 19.7 Å². The predicted molar refractivity (Wildman–Crippen MR) is 101 cm³/mol. The number of carbonyl (C=O) groups excluding carboxylic acids is 1. The van der Waals surface area contributed by atoms with Gasteiger partial charge in [0.15, 0.2) is 5.75 Å². The molecule has 2 rings (SSSR count). The number of methoxy groups -OCH3 is 1. The van der Waals surface area contributed by atoms with Crippen LogP contribution >= 0.6 is 11.6 Å². The zero-order valence-corrected chi connectivity index (χ0v) is 15.6. The second kappa shape index (κ2) is 9.56. The molecular formula is C18H17ClN2O7. The summed E-state index contributed by atoms with van der Waals surface area (Å²) >= 11 is 6.01. The van der Waals surface area contributed by atoms with Crippen molar-refractivity contribution in [1.82, 2.24) is 0 Å². The highest BCUT2D eigenvalue weighted by molar-refractivity contribution is 6.34. The van der Waals surface area contributed by atoms with Crippen LogP contribution in [0.1, 0.15) is 23.2 Å². The van der Waals surface area contributed by atoms with E-state index in [1.807, 2.05) is 0 Å². The van der Waals surface area contributed by atoms with Gasteiger partial charge in [0, 0.05) is 18.6 Å². The minimum Gasteiger partial charge on any atom is -0.496 e. The summed E-state index contributed by atoms with van der Waals surface area (Å²) in [6.07, 6.45) is 0.375. The van der Waals surface area contributed by atoms with Crippen LogP contribution in [-0.2, 0) is 4.79 Å². The third kappa shape index (κ3) is 5.34. The summed E-state index contributed by atoms with van der Waals surface area (Å²) in [4.78, 5) is 33.6. The Morgan fingerprint density at radius 2 is 1.96 bits per heavy atom. The molecule has 1 amide bonds. The Morgan fingerprint density at radius 1 is 1.25 bits per heavy atom. The molecule has 0 heterocycles. The molecule has 0 fully saturated rings. The number of anilines is 1. The summed E-state index contributed by atoms with van der Waals surface area (Å²) in [7, 11) is 1.31. The smallest absolute Gasteiger partial charge is 0.339 e. The fourth-order valence-corrected chi connectivity index (χ4v) is 2.55. The minimum atomic E-state index is -1.20. The number of carbonyl (C=O) groups is 2. The Bertz CT molecular complexity index is 901. The maximum Gasteiger partial charge on any atom is 0.339 e. The van der Waals surface area contributed by atoms with Gasteiger partial charge in [0.05, 0.1) is 29.4 Å². The molecule has 148 valence electrons. The van der Waals surface area contributed by atoms with Crippen molar-refractivity contribution in [3.63, 3.8) is 0 Å². The van der Waals surface area contributed by atoms with Gasteiger partial charge < -0.3 is 19.9 Å². The molecule has 2 aromatic carbocycles. The van der Waals surface area contributed by atoms with E-state index in [1.54, 1.807) is 6.07 Å². The largest absolute Gasteiger partial charge is 0.496 e. The van der Waals surface area contributed by atoms with Gasteiger partial charge in [0.1, 0.15) is 11.3 Å².